The molecule has 2 amide bonds. The molecule has 0 atom stereocenters. The molecule has 6 heteroatoms. The summed E-state index contributed by atoms with van der Waals surface area (Å²) in [7, 11) is 1.58. The van der Waals surface area contributed by atoms with Crippen molar-refractivity contribution in [1.82, 2.24) is 10.6 Å². The molecule has 0 spiro atoms. The molecule has 0 aliphatic heterocycles. The Kier molecular flexibility index (Phi) is 5.93. The highest BCUT2D eigenvalue weighted by Gasteiger charge is 2.37. The van der Waals surface area contributed by atoms with E-state index in [0.29, 0.717) is 12.3 Å². The van der Waals surface area contributed by atoms with Gasteiger partial charge in [0.05, 0.1) is 7.11 Å². The van der Waals surface area contributed by atoms with Gasteiger partial charge in [0, 0.05) is 28.9 Å². The number of thiophene rings is 1. The van der Waals surface area contributed by atoms with E-state index < -0.39 is 11.8 Å². The maximum Gasteiger partial charge on any atom is 0.309 e. The topological polar surface area (TPSA) is 67.4 Å². The summed E-state index contributed by atoms with van der Waals surface area (Å²) in [6.45, 7) is 0.765. The Balaban J connectivity index is 1.55. The van der Waals surface area contributed by atoms with E-state index in [0.717, 1.165) is 31.2 Å². The van der Waals surface area contributed by atoms with E-state index in [9.17, 15) is 9.59 Å². The first-order valence-electron chi connectivity index (χ1n) is 8.86. The summed E-state index contributed by atoms with van der Waals surface area (Å²) in [6.07, 6.45) is 4.43. The number of hydrogen-bond donors (Lipinski definition) is 2. The van der Waals surface area contributed by atoms with Crippen LogP contribution in [0, 0.1) is 0 Å². The van der Waals surface area contributed by atoms with Gasteiger partial charge in [-0.2, -0.15) is 0 Å². The van der Waals surface area contributed by atoms with Gasteiger partial charge in [-0.25, -0.2) is 0 Å². The molecule has 1 saturated carbocycles. The number of carbonyl (C=O) groups excluding carboxylic acids is 2. The number of rotatable bonds is 6. The van der Waals surface area contributed by atoms with Crippen molar-refractivity contribution in [2.45, 2.75) is 37.6 Å². The Bertz CT molecular complexity index is 752. The molecule has 1 aromatic carbocycles. The molecule has 1 aliphatic carbocycles. The third kappa shape index (κ3) is 4.07. The molecule has 0 unspecified atom stereocenters. The number of nitrogens with one attached hydrogen (secondary N) is 2. The third-order valence-electron chi connectivity index (χ3n) is 5.03. The van der Waals surface area contributed by atoms with E-state index in [1.54, 1.807) is 18.4 Å². The van der Waals surface area contributed by atoms with Gasteiger partial charge in [-0.3, -0.25) is 9.59 Å². The lowest BCUT2D eigenvalue weighted by Gasteiger charge is -2.28. The Labute approximate surface area is 157 Å². The van der Waals surface area contributed by atoms with Crippen LogP contribution in [0.5, 0.6) is 5.75 Å². The fourth-order valence-electron chi connectivity index (χ4n) is 3.58. The zero-order chi connectivity index (χ0) is 18.4. The lowest BCUT2D eigenvalue weighted by molar-refractivity contribution is -0.139. The van der Waals surface area contributed by atoms with Gasteiger partial charge >= 0.3 is 11.8 Å². The smallest absolute Gasteiger partial charge is 0.309 e. The third-order valence-corrected chi connectivity index (χ3v) is 6.15. The molecular formula is C20H24N2O3S. The standard InChI is InChI=1S/C20H24N2O3S/c1-25-16-8-3-2-7-15(16)13-21-18(23)19(24)22-14-20(10-4-5-11-20)17-9-6-12-26-17/h2-3,6-9,12H,4-5,10-11,13-14H2,1H3,(H,21,23)(H,22,24). The van der Waals surface area contributed by atoms with Crippen LogP contribution in [0.1, 0.15) is 36.1 Å². The average Bonchev–Trinajstić information content (AvgIpc) is 3.36. The van der Waals surface area contributed by atoms with Crippen molar-refractivity contribution in [2.75, 3.05) is 13.7 Å². The molecule has 1 heterocycles. The van der Waals surface area contributed by atoms with Gasteiger partial charge in [0.1, 0.15) is 5.75 Å². The molecule has 0 saturated heterocycles. The second kappa shape index (κ2) is 8.36. The molecule has 1 aromatic heterocycles. The molecule has 5 nitrogen and oxygen atoms in total. The molecule has 3 rings (SSSR count). The second-order valence-corrected chi connectivity index (χ2v) is 7.59. The van der Waals surface area contributed by atoms with Crippen LogP contribution in [0.25, 0.3) is 0 Å². The SMILES string of the molecule is COc1ccccc1CNC(=O)C(=O)NCC1(c2cccs2)CCCC1. The highest BCUT2D eigenvalue weighted by atomic mass is 32.1. The van der Waals surface area contributed by atoms with E-state index in [2.05, 4.69) is 22.1 Å². The lowest BCUT2D eigenvalue weighted by Crippen LogP contribution is -2.45. The minimum Gasteiger partial charge on any atom is -0.496 e. The number of amides is 2. The van der Waals surface area contributed by atoms with Gasteiger partial charge in [0.2, 0.25) is 0 Å². The van der Waals surface area contributed by atoms with Crippen molar-refractivity contribution in [1.29, 1.82) is 0 Å². The number of carbonyl (C=O) groups is 2. The second-order valence-electron chi connectivity index (χ2n) is 6.64. The van der Waals surface area contributed by atoms with Gasteiger partial charge < -0.3 is 15.4 Å². The summed E-state index contributed by atoms with van der Waals surface area (Å²) >= 11 is 1.72. The van der Waals surface area contributed by atoms with E-state index >= 15 is 0 Å². The van der Waals surface area contributed by atoms with Gasteiger partial charge in [-0.1, -0.05) is 37.1 Å². The molecular weight excluding hydrogens is 348 g/mol. The van der Waals surface area contributed by atoms with E-state index in [1.165, 1.54) is 4.88 Å². The van der Waals surface area contributed by atoms with E-state index in [1.807, 2.05) is 30.3 Å². The minimum atomic E-state index is -0.616. The predicted octanol–water partition coefficient (Wildman–Crippen LogP) is 3.00. The summed E-state index contributed by atoms with van der Waals surface area (Å²) < 4.78 is 5.26. The van der Waals surface area contributed by atoms with Crippen molar-refractivity contribution in [3.63, 3.8) is 0 Å². The van der Waals surface area contributed by atoms with Gasteiger partial charge in [-0.05, 0) is 30.4 Å². The van der Waals surface area contributed by atoms with Crippen molar-refractivity contribution in [3.05, 3.63) is 52.2 Å². The zero-order valence-electron chi connectivity index (χ0n) is 14.9. The van der Waals surface area contributed by atoms with Crippen molar-refractivity contribution < 1.29 is 14.3 Å². The van der Waals surface area contributed by atoms with Crippen molar-refractivity contribution in [2.24, 2.45) is 0 Å². The average molecular weight is 372 g/mol. The van der Waals surface area contributed by atoms with E-state index in [-0.39, 0.29) is 12.0 Å². The Morgan fingerprint density at radius 1 is 1.08 bits per heavy atom. The summed E-state index contributed by atoms with van der Waals surface area (Å²) in [5.41, 5.74) is 0.814. The predicted molar refractivity (Wildman–Crippen MR) is 102 cm³/mol. The number of methoxy groups -OCH3 is 1. The maximum absolute atomic E-state index is 12.2. The molecule has 138 valence electrons. The van der Waals surface area contributed by atoms with Crippen LogP contribution in [0.4, 0.5) is 0 Å². The van der Waals surface area contributed by atoms with Crippen molar-refractivity contribution >= 4 is 23.2 Å². The maximum atomic E-state index is 12.2. The molecule has 0 radical (unpaired) electrons. The van der Waals surface area contributed by atoms with Crippen LogP contribution in [-0.4, -0.2) is 25.5 Å². The van der Waals surface area contributed by atoms with Crippen LogP contribution in [-0.2, 0) is 21.5 Å². The fourth-order valence-corrected chi connectivity index (χ4v) is 4.56. The molecule has 1 fully saturated rings. The Morgan fingerprint density at radius 2 is 1.81 bits per heavy atom. The Morgan fingerprint density at radius 3 is 2.50 bits per heavy atom. The number of hydrogen-bond acceptors (Lipinski definition) is 4. The normalized spacial score (nSPS) is 15.4. The lowest BCUT2D eigenvalue weighted by atomic mass is 9.84. The quantitative estimate of drug-likeness (QED) is 0.766. The summed E-state index contributed by atoms with van der Waals surface area (Å²) in [4.78, 5) is 25.7. The van der Waals surface area contributed by atoms with Crippen LogP contribution in [0.2, 0.25) is 0 Å². The first-order valence-corrected chi connectivity index (χ1v) is 9.74. The first-order chi connectivity index (χ1) is 12.6. The molecule has 2 N–H and O–H groups in total. The van der Waals surface area contributed by atoms with Crippen LogP contribution in [0.15, 0.2) is 41.8 Å². The van der Waals surface area contributed by atoms with Gasteiger partial charge in [0.15, 0.2) is 0 Å². The molecule has 2 aromatic rings. The summed E-state index contributed by atoms with van der Waals surface area (Å²) in [5.74, 6) is -0.506. The minimum absolute atomic E-state index is 0.0211. The highest BCUT2D eigenvalue weighted by molar-refractivity contribution is 7.10. The monoisotopic (exact) mass is 372 g/mol. The summed E-state index contributed by atoms with van der Waals surface area (Å²) in [5, 5.41) is 7.58. The first kappa shape index (κ1) is 18.5. The number of ether oxygens (including phenoxy) is 1. The molecule has 26 heavy (non-hydrogen) atoms. The molecule has 0 bridgehead atoms. The fraction of sp³-hybridized carbons (Fsp3) is 0.400. The van der Waals surface area contributed by atoms with Gasteiger partial charge in [0.25, 0.3) is 0 Å². The highest BCUT2D eigenvalue weighted by Crippen LogP contribution is 2.42. The molecule has 1 aliphatic rings. The van der Waals surface area contributed by atoms with Crippen LogP contribution >= 0.6 is 11.3 Å². The van der Waals surface area contributed by atoms with E-state index in [4.69, 9.17) is 4.74 Å². The van der Waals surface area contributed by atoms with Gasteiger partial charge in [-0.15, -0.1) is 11.3 Å². The van der Waals surface area contributed by atoms with Crippen LogP contribution < -0.4 is 15.4 Å². The van der Waals surface area contributed by atoms with Crippen molar-refractivity contribution in [3.8, 4) is 5.75 Å². The Hall–Kier alpha value is -2.34. The number of benzene rings is 1. The van der Waals surface area contributed by atoms with Crippen LogP contribution in [0.3, 0.4) is 0 Å². The summed E-state index contributed by atoms with van der Waals surface area (Å²) in [6, 6.07) is 11.6. The zero-order valence-corrected chi connectivity index (χ0v) is 15.7. The number of para-hydroxylation sites is 1. The largest absolute Gasteiger partial charge is 0.496 e.